The van der Waals surface area contributed by atoms with Crippen molar-refractivity contribution in [1.82, 2.24) is 14.4 Å². The average molecular weight is 133 g/mol. The fourth-order valence-corrected chi connectivity index (χ4v) is 0.905. The second kappa shape index (κ2) is 1.80. The molecule has 0 aliphatic carbocycles. The van der Waals surface area contributed by atoms with Crippen LogP contribution in [0.2, 0.25) is 0 Å². The van der Waals surface area contributed by atoms with Gasteiger partial charge >= 0.3 is 0 Å². The molecular formula is C7H7N3. The lowest BCUT2D eigenvalue weighted by molar-refractivity contribution is 1.08. The Kier molecular flexibility index (Phi) is 0.974. The van der Waals surface area contributed by atoms with E-state index in [1.165, 1.54) is 0 Å². The molecule has 10 heavy (non-hydrogen) atoms. The molecule has 2 heterocycles. The van der Waals surface area contributed by atoms with Crippen LogP contribution in [0.25, 0.3) is 5.65 Å². The average Bonchev–Trinajstić information content (AvgIpc) is 2.33. The molecule has 0 saturated carbocycles. The summed E-state index contributed by atoms with van der Waals surface area (Å²) in [5.74, 6) is 0. The highest BCUT2D eigenvalue weighted by Gasteiger charge is 1.91. The summed E-state index contributed by atoms with van der Waals surface area (Å²) in [5.41, 5.74) is 1.92. The van der Waals surface area contributed by atoms with Gasteiger partial charge in [-0.1, -0.05) is 0 Å². The molecular weight excluding hydrogens is 126 g/mol. The summed E-state index contributed by atoms with van der Waals surface area (Å²) in [4.78, 5) is 8.18. The third-order valence-electron chi connectivity index (χ3n) is 1.41. The zero-order valence-electron chi connectivity index (χ0n) is 5.65. The van der Waals surface area contributed by atoms with Crippen LogP contribution in [0.4, 0.5) is 0 Å². The molecule has 0 spiro atoms. The lowest BCUT2D eigenvalue weighted by Crippen LogP contribution is -1.86. The largest absolute Gasteiger partial charge is 0.291 e. The van der Waals surface area contributed by atoms with Crippen molar-refractivity contribution >= 4 is 5.65 Å². The highest BCUT2D eigenvalue weighted by molar-refractivity contribution is 5.34. The first-order valence-corrected chi connectivity index (χ1v) is 3.11. The standard InChI is InChI=1S/C7H7N3/c1-6-2-3-10-5-8-4-7(10)9-6/h2-5H,1H3. The minimum atomic E-state index is 0.903. The lowest BCUT2D eigenvalue weighted by atomic mass is 10.4. The van der Waals surface area contributed by atoms with E-state index in [-0.39, 0.29) is 0 Å². The predicted molar refractivity (Wildman–Crippen MR) is 37.7 cm³/mol. The van der Waals surface area contributed by atoms with E-state index in [1.807, 2.05) is 23.6 Å². The van der Waals surface area contributed by atoms with E-state index in [2.05, 4.69) is 9.97 Å². The van der Waals surface area contributed by atoms with Crippen molar-refractivity contribution in [2.75, 3.05) is 0 Å². The Labute approximate surface area is 58.4 Å². The summed E-state index contributed by atoms with van der Waals surface area (Å²) < 4.78 is 1.88. The molecule has 2 rings (SSSR count). The number of hydrogen-bond acceptors (Lipinski definition) is 2. The van der Waals surface area contributed by atoms with Gasteiger partial charge in [-0.25, -0.2) is 9.97 Å². The molecule has 0 bridgehead atoms. The van der Waals surface area contributed by atoms with E-state index in [1.54, 1.807) is 12.5 Å². The molecule has 0 aliphatic heterocycles. The number of aromatic nitrogens is 3. The number of aryl methyl sites for hydroxylation is 1. The molecule has 50 valence electrons. The van der Waals surface area contributed by atoms with Crippen LogP contribution in [0.15, 0.2) is 24.8 Å². The first-order valence-electron chi connectivity index (χ1n) is 3.11. The van der Waals surface area contributed by atoms with Gasteiger partial charge in [0, 0.05) is 11.9 Å². The molecule has 0 saturated heterocycles. The first-order chi connectivity index (χ1) is 4.86. The van der Waals surface area contributed by atoms with Gasteiger partial charge in [-0.2, -0.15) is 0 Å². The van der Waals surface area contributed by atoms with Crippen molar-refractivity contribution in [2.45, 2.75) is 6.92 Å². The molecule has 3 heteroatoms. The monoisotopic (exact) mass is 133 g/mol. The quantitative estimate of drug-likeness (QED) is 0.537. The molecule has 0 N–H and O–H groups in total. The van der Waals surface area contributed by atoms with Crippen LogP contribution >= 0.6 is 0 Å². The predicted octanol–water partition coefficient (Wildman–Crippen LogP) is 1.04. The number of nitrogens with zero attached hydrogens (tertiary/aromatic N) is 3. The fraction of sp³-hybridized carbons (Fsp3) is 0.143. The van der Waals surface area contributed by atoms with Crippen LogP contribution in [0.3, 0.4) is 0 Å². The van der Waals surface area contributed by atoms with E-state index in [4.69, 9.17) is 0 Å². The zero-order chi connectivity index (χ0) is 6.97. The maximum Gasteiger partial charge on any atom is 0.156 e. The normalized spacial score (nSPS) is 10.5. The zero-order valence-corrected chi connectivity index (χ0v) is 5.65. The smallest absolute Gasteiger partial charge is 0.156 e. The second-order valence-electron chi connectivity index (χ2n) is 2.23. The number of fused-ring (bicyclic) bond motifs is 1. The SMILES string of the molecule is Cc1ccn2cncc2n1. The van der Waals surface area contributed by atoms with Gasteiger partial charge in [0.05, 0.1) is 6.20 Å². The van der Waals surface area contributed by atoms with Crippen molar-refractivity contribution in [3.8, 4) is 0 Å². The van der Waals surface area contributed by atoms with Gasteiger partial charge in [-0.05, 0) is 13.0 Å². The second-order valence-corrected chi connectivity index (χ2v) is 2.23. The highest BCUT2D eigenvalue weighted by Crippen LogP contribution is 1.98. The van der Waals surface area contributed by atoms with Crippen LogP contribution in [0.1, 0.15) is 5.69 Å². The number of rotatable bonds is 0. The van der Waals surface area contributed by atoms with E-state index in [9.17, 15) is 0 Å². The molecule has 0 unspecified atom stereocenters. The van der Waals surface area contributed by atoms with E-state index >= 15 is 0 Å². The molecule has 0 aromatic carbocycles. The number of hydrogen-bond donors (Lipinski definition) is 0. The maximum absolute atomic E-state index is 4.24. The summed E-state index contributed by atoms with van der Waals surface area (Å²) in [5, 5.41) is 0. The molecule has 0 atom stereocenters. The summed E-state index contributed by atoms with van der Waals surface area (Å²) >= 11 is 0. The van der Waals surface area contributed by atoms with Crippen molar-refractivity contribution in [3.63, 3.8) is 0 Å². The van der Waals surface area contributed by atoms with Crippen molar-refractivity contribution in [2.24, 2.45) is 0 Å². The number of imidazole rings is 1. The van der Waals surface area contributed by atoms with E-state index < -0.39 is 0 Å². The summed E-state index contributed by atoms with van der Waals surface area (Å²) in [7, 11) is 0. The molecule has 0 fully saturated rings. The summed E-state index contributed by atoms with van der Waals surface area (Å²) in [6, 6.07) is 1.95. The highest BCUT2D eigenvalue weighted by atomic mass is 15.0. The molecule has 0 amide bonds. The van der Waals surface area contributed by atoms with Crippen molar-refractivity contribution < 1.29 is 0 Å². The van der Waals surface area contributed by atoms with Crippen molar-refractivity contribution in [3.05, 3.63) is 30.5 Å². The molecule has 0 aliphatic rings. The third-order valence-corrected chi connectivity index (χ3v) is 1.41. The molecule has 2 aromatic heterocycles. The van der Waals surface area contributed by atoms with Gasteiger partial charge in [0.1, 0.15) is 6.33 Å². The Morgan fingerprint density at radius 2 is 2.40 bits per heavy atom. The molecule has 0 radical (unpaired) electrons. The van der Waals surface area contributed by atoms with Crippen LogP contribution in [0.5, 0.6) is 0 Å². The van der Waals surface area contributed by atoms with Crippen LogP contribution in [0, 0.1) is 6.92 Å². The Hall–Kier alpha value is -1.38. The van der Waals surface area contributed by atoms with E-state index in [0.29, 0.717) is 0 Å². The van der Waals surface area contributed by atoms with Gasteiger partial charge < -0.3 is 0 Å². The van der Waals surface area contributed by atoms with Crippen LogP contribution < -0.4 is 0 Å². The van der Waals surface area contributed by atoms with Crippen LogP contribution in [-0.2, 0) is 0 Å². The lowest BCUT2D eigenvalue weighted by Gasteiger charge is -1.91. The van der Waals surface area contributed by atoms with Crippen molar-refractivity contribution in [1.29, 1.82) is 0 Å². The summed E-state index contributed by atoms with van der Waals surface area (Å²) in [6.45, 7) is 1.97. The Morgan fingerprint density at radius 1 is 1.50 bits per heavy atom. The first kappa shape index (κ1) is 5.41. The van der Waals surface area contributed by atoms with Gasteiger partial charge in [-0.3, -0.25) is 4.40 Å². The topological polar surface area (TPSA) is 30.2 Å². The fourth-order valence-electron chi connectivity index (χ4n) is 0.905. The van der Waals surface area contributed by atoms with Gasteiger partial charge in [0.25, 0.3) is 0 Å². The Balaban J connectivity index is 2.86. The minimum absolute atomic E-state index is 0.903. The summed E-state index contributed by atoms with van der Waals surface area (Å²) in [6.07, 6.45) is 5.43. The third kappa shape index (κ3) is 0.673. The minimum Gasteiger partial charge on any atom is -0.291 e. The molecule has 3 nitrogen and oxygen atoms in total. The van der Waals surface area contributed by atoms with Gasteiger partial charge in [0.2, 0.25) is 0 Å². The van der Waals surface area contributed by atoms with Gasteiger partial charge in [-0.15, -0.1) is 0 Å². The Morgan fingerprint density at radius 3 is 3.30 bits per heavy atom. The maximum atomic E-state index is 4.24. The van der Waals surface area contributed by atoms with Crippen LogP contribution in [-0.4, -0.2) is 14.4 Å². The van der Waals surface area contributed by atoms with Gasteiger partial charge in [0.15, 0.2) is 5.65 Å². The Bertz CT molecular complexity index is 350. The van der Waals surface area contributed by atoms with E-state index in [0.717, 1.165) is 11.3 Å². The molecule has 2 aromatic rings.